The lowest BCUT2D eigenvalue weighted by Crippen LogP contribution is -2.43. The maximum Gasteiger partial charge on any atom is 0.237 e. The average molecular weight is 232 g/mol. The quantitative estimate of drug-likeness (QED) is 0.737. The third kappa shape index (κ3) is 4.41. The number of nitrogens with one attached hydrogen (secondary N) is 2. The maximum absolute atomic E-state index is 11.6. The Balaban J connectivity index is 2.48. The zero-order chi connectivity index (χ0) is 12.7. The van der Waals surface area contributed by atoms with Gasteiger partial charge in [0.05, 0.1) is 6.04 Å². The lowest BCUT2D eigenvalue weighted by molar-refractivity contribution is -0.122. The summed E-state index contributed by atoms with van der Waals surface area (Å²) in [5, 5.41) is 6.03. The fourth-order valence-electron chi connectivity index (χ4n) is 1.61. The van der Waals surface area contributed by atoms with Gasteiger partial charge >= 0.3 is 0 Å². The molecule has 0 aromatic heterocycles. The summed E-state index contributed by atoms with van der Waals surface area (Å²) in [6.45, 7) is 7.98. The van der Waals surface area contributed by atoms with E-state index < -0.39 is 0 Å². The molecule has 17 heavy (non-hydrogen) atoms. The molecule has 0 fully saturated rings. The fraction of sp³-hybridized carbons (Fsp3) is 0.357. The Morgan fingerprint density at radius 3 is 2.59 bits per heavy atom. The molecule has 0 saturated carbocycles. The summed E-state index contributed by atoms with van der Waals surface area (Å²) in [6.07, 6.45) is 1.67. The van der Waals surface area contributed by atoms with Crippen molar-refractivity contribution in [1.82, 2.24) is 10.6 Å². The number of carbonyl (C=O) groups excluding carboxylic acids is 1. The second-order valence-corrected chi connectivity index (χ2v) is 4.05. The summed E-state index contributed by atoms with van der Waals surface area (Å²) in [4.78, 5) is 11.6. The minimum absolute atomic E-state index is 0.00678. The van der Waals surface area contributed by atoms with Crippen LogP contribution in [0.5, 0.6) is 0 Å². The highest BCUT2D eigenvalue weighted by atomic mass is 16.2. The molecule has 1 amide bonds. The predicted molar refractivity (Wildman–Crippen MR) is 70.7 cm³/mol. The van der Waals surface area contributed by atoms with Crippen molar-refractivity contribution in [3.8, 4) is 0 Å². The molecule has 0 aliphatic carbocycles. The molecule has 1 rings (SSSR count). The summed E-state index contributed by atoms with van der Waals surface area (Å²) in [6, 6.07) is 10.0. The van der Waals surface area contributed by atoms with E-state index in [1.54, 1.807) is 6.08 Å². The Morgan fingerprint density at radius 1 is 1.35 bits per heavy atom. The molecule has 0 saturated heterocycles. The van der Waals surface area contributed by atoms with Gasteiger partial charge in [-0.25, -0.2) is 0 Å². The SMILES string of the molecule is C=CCNC(=O)C(C)N[C@H](C)c1ccccc1. The summed E-state index contributed by atoms with van der Waals surface area (Å²) < 4.78 is 0. The van der Waals surface area contributed by atoms with Gasteiger partial charge in [-0.1, -0.05) is 36.4 Å². The van der Waals surface area contributed by atoms with E-state index in [1.165, 1.54) is 5.56 Å². The molecular weight excluding hydrogens is 212 g/mol. The second-order valence-electron chi connectivity index (χ2n) is 4.05. The van der Waals surface area contributed by atoms with Gasteiger partial charge in [-0.15, -0.1) is 6.58 Å². The Hall–Kier alpha value is -1.61. The molecule has 1 aromatic rings. The molecule has 2 atom stereocenters. The van der Waals surface area contributed by atoms with Crippen LogP contribution in [0.2, 0.25) is 0 Å². The largest absolute Gasteiger partial charge is 0.351 e. The van der Waals surface area contributed by atoms with Gasteiger partial charge < -0.3 is 5.32 Å². The van der Waals surface area contributed by atoms with Gasteiger partial charge in [0.1, 0.15) is 0 Å². The summed E-state index contributed by atoms with van der Waals surface area (Å²) in [7, 11) is 0. The van der Waals surface area contributed by atoms with E-state index in [0.29, 0.717) is 6.54 Å². The Labute approximate surface area is 103 Å². The van der Waals surface area contributed by atoms with Crippen LogP contribution in [0.15, 0.2) is 43.0 Å². The van der Waals surface area contributed by atoms with Crippen molar-refractivity contribution in [2.24, 2.45) is 0 Å². The van der Waals surface area contributed by atoms with Gasteiger partial charge in [0, 0.05) is 12.6 Å². The number of amides is 1. The average Bonchev–Trinajstić information content (AvgIpc) is 2.36. The molecule has 2 N–H and O–H groups in total. The van der Waals surface area contributed by atoms with Crippen molar-refractivity contribution in [1.29, 1.82) is 0 Å². The molecule has 1 aromatic carbocycles. The number of carbonyl (C=O) groups is 1. The minimum atomic E-state index is -0.217. The second kappa shape index (κ2) is 6.86. The van der Waals surface area contributed by atoms with Crippen molar-refractivity contribution in [2.45, 2.75) is 25.9 Å². The van der Waals surface area contributed by atoms with Crippen LogP contribution in [-0.4, -0.2) is 18.5 Å². The number of rotatable bonds is 6. The zero-order valence-electron chi connectivity index (χ0n) is 10.4. The van der Waals surface area contributed by atoms with E-state index in [9.17, 15) is 4.79 Å². The lowest BCUT2D eigenvalue weighted by atomic mass is 10.1. The first kappa shape index (κ1) is 13.5. The third-order valence-corrected chi connectivity index (χ3v) is 2.61. The van der Waals surface area contributed by atoms with E-state index in [4.69, 9.17) is 0 Å². The number of hydrogen-bond donors (Lipinski definition) is 2. The third-order valence-electron chi connectivity index (χ3n) is 2.61. The molecule has 0 aliphatic rings. The number of hydrogen-bond acceptors (Lipinski definition) is 2. The predicted octanol–water partition coefficient (Wildman–Crippen LogP) is 2.03. The molecule has 3 heteroatoms. The van der Waals surface area contributed by atoms with Gasteiger partial charge in [-0.2, -0.15) is 0 Å². The van der Waals surface area contributed by atoms with E-state index >= 15 is 0 Å². The van der Waals surface area contributed by atoms with E-state index in [-0.39, 0.29) is 18.0 Å². The fourth-order valence-corrected chi connectivity index (χ4v) is 1.61. The van der Waals surface area contributed by atoms with Crippen LogP contribution in [0.25, 0.3) is 0 Å². The summed E-state index contributed by atoms with van der Waals surface area (Å²) in [5.41, 5.74) is 1.18. The Morgan fingerprint density at radius 2 is 2.00 bits per heavy atom. The Kier molecular flexibility index (Phi) is 5.43. The van der Waals surface area contributed by atoms with Crippen LogP contribution >= 0.6 is 0 Å². The maximum atomic E-state index is 11.6. The molecule has 0 heterocycles. The van der Waals surface area contributed by atoms with Crippen molar-refractivity contribution >= 4 is 5.91 Å². The van der Waals surface area contributed by atoms with Crippen molar-refractivity contribution < 1.29 is 4.79 Å². The van der Waals surface area contributed by atoms with Gasteiger partial charge in [0.2, 0.25) is 5.91 Å². The number of benzene rings is 1. The van der Waals surface area contributed by atoms with Crippen LogP contribution in [0, 0.1) is 0 Å². The zero-order valence-corrected chi connectivity index (χ0v) is 10.4. The van der Waals surface area contributed by atoms with Crippen LogP contribution in [0.3, 0.4) is 0 Å². The van der Waals surface area contributed by atoms with Crippen LogP contribution in [0.4, 0.5) is 0 Å². The van der Waals surface area contributed by atoms with Gasteiger partial charge in [-0.05, 0) is 19.4 Å². The molecule has 1 unspecified atom stereocenters. The van der Waals surface area contributed by atoms with Gasteiger partial charge in [0.15, 0.2) is 0 Å². The normalized spacial score (nSPS) is 13.8. The molecule has 0 aliphatic heterocycles. The summed E-state index contributed by atoms with van der Waals surface area (Å²) >= 11 is 0. The van der Waals surface area contributed by atoms with E-state index in [0.717, 1.165) is 0 Å². The lowest BCUT2D eigenvalue weighted by Gasteiger charge is -2.19. The van der Waals surface area contributed by atoms with Crippen molar-refractivity contribution in [3.63, 3.8) is 0 Å². The van der Waals surface area contributed by atoms with Crippen LogP contribution in [-0.2, 0) is 4.79 Å². The van der Waals surface area contributed by atoms with Crippen molar-refractivity contribution in [2.75, 3.05) is 6.54 Å². The van der Waals surface area contributed by atoms with Crippen LogP contribution in [0.1, 0.15) is 25.5 Å². The first-order chi connectivity index (χ1) is 8.15. The first-order valence-corrected chi connectivity index (χ1v) is 5.84. The highest BCUT2D eigenvalue weighted by Gasteiger charge is 2.14. The molecule has 0 radical (unpaired) electrons. The standard InChI is InChI=1S/C14H20N2O/c1-4-10-15-14(17)12(3)16-11(2)13-8-6-5-7-9-13/h4-9,11-12,16H,1,10H2,2-3H3,(H,15,17)/t11-,12?/m1/s1. The topological polar surface area (TPSA) is 41.1 Å². The van der Waals surface area contributed by atoms with Gasteiger partial charge in [-0.3, -0.25) is 10.1 Å². The first-order valence-electron chi connectivity index (χ1n) is 5.84. The molecule has 92 valence electrons. The van der Waals surface area contributed by atoms with Gasteiger partial charge in [0.25, 0.3) is 0 Å². The Bertz CT molecular complexity index is 362. The van der Waals surface area contributed by atoms with E-state index in [1.807, 2.05) is 44.2 Å². The minimum Gasteiger partial charge on any atom is -0.351 e. The molecule has 0 bridgehead atoms. The smallest absolute Gasteiger partial charge is 0.237 e. The highest BCUT2D eigenvalue weighted by molar-refractivity contribution is 5.81. The van der Waals surface area contributed by atoms with Crippen molar-refractivity contribution in [3.05, 3.63) is 48.6 Å². The molecule has 3 nitrogen and oxygen atoms in total. The molecular formula is C14H20N2O. The van der Waals surface area contributed by atoms with E-state index in [2.05, 4.69) is 17.2 Å². The summed E-state index contributed by atoms with van der Waals surface area (Å²) in [5.74, 6) is -0.00678. The monoisotopic (exact) mass is 232 g/mol. The highest BCUT2D eigenvalue weighted by Crippen LogP contribution is 2.11. The molecule has 0 spiro atoms. The van der Waals surface area contributed by atoms with Crippen LogP contribution < -0.4 is 10.6 Å².